The number of thiophene rings is 1. The summed E-state index contributed by atoms with van der Waals surface area (Å²) in [7, 11) is 0. The number of hydrazone groups is 1. The molecule has 4 aromatic rings. The van der Waals surface area contributed by atoms with E-state index in [9.17, 15) is 0 Å². The molecule has 0 atom stereocenters. The third-order valence-electron chi connectivity index (χ3n) is 4.96. The summed E-state index contributed by atoms with van der Waals surface area (Å²) in [6.45, 7) is 4.76. The Kier molecular flexibility index (Phi) is 4.44. The van der Waals surface area contributed by atoms with Crippen molar-refractivity contribution in [3.05, 3.63) is 88.3 Å². The van der Waals surface area contributed by atoms with Gasteiger partial charge < -0.3 is 0 Å². The summed E-state index contributed by atoms with van der Waals surface area (Å²) in [4.78, 5) is 5.45. The Morgan fingerprint density at radius 1 is 1.00 bits per heavy atom. The number of nitrogens with zero attached hydrogens (tertiary/aromatic N) is 6. The van der Waals surface area contributed by atoms with E-state index in [-0.39, 0.29) is 0 Å². The second-order valence-corrected chi connectivity index (χ2v) is 8.01. The van der Waals surface area contributed by atoms with Gasteiger partial charge in [-0.05, 0) is 37.1 Å². The van der Waals surface area contributed by atoms with Gasteiger partial charge in [-0.15, -0.1) is 21.5 Å². The lowest BCUT2D eigenvalue weighted by molar-refractivity contribution is 0.797. The van der Waals surface area contributed by atoms with Crippen LogP contribution >= 0.6 is 11.3 Å². The molecule has 29 heavy (non-hydrogen) atoms. The van der Waals surface area contributed by atoms with Crippen molar-refractivity contribution >= 4 is 23.0 Å². The van der Waals surface area contributed by atoms with Gasteiger partial charge in [-0.1, -0.05) is 37.3 Å². The molecular formula is C22H20N6S. The van der Waals surface area contributed by atoms with E-state index in [0.29, 0.717) is 6.54 Å². The Morgan fingerprint density at radius 2 is 1.79 bits per heavy atom. The molecule has 0 bridgehead atoms. The minimum absolute atomic E-state index is 0.590. The fourth-order valence-corrected chi connectivity index (χ4v) is 4.63. The molecule has 0 unspecified atom stereocenters. The Labute approximate surface area is 173 Å². The van der Waals surface area contributed by atoms with E-state index in [1.54, 1.807) is 23.7 Å². The molecule has 1 aliphatic rings. The molecule has 7 heteroatoms. The second-order valence-electron chi connectivity index (χ2n) is 6.90. The van der Waals surface area contributed by atoms with E-state index in [0.717, 1.165) is 45.6 Å². The first-order chi connectivity index (χ1) is 14.2. The quantitative estimate of drug-likeness (QED) is 0.510. The molecule has 0 amide bonds. The molecule has 144 valence electrons. The fraction of sp³-hybridized carbons (Fsp3) is 0.182. The third-order valence-corrected chi connectivity index (χ3v) is 6.22. The second kappa shape index (κ2) is 7.25. The predicted molar refractivity (Wildman–Crippen MR) is 116 cm³/mol. The van der Waals surface area contributed by atoms with Crippen LogP contribution in [0.4, 0.5) is 5.95 Å². The normalized spacial score (nSPS) is 12.9. The highest BCUT2D eigenvalue weighted by atomic mass is 32.1. The van der Waals surface area contributed by atoms with Crippen LogP contribution in [-0.4, -0.2) is 25.5 Å². The van der Waals surface area contributed by atoms with Crippen LogP contribution in [0, 0.1) is 6.92 Å². The number of aryl methyl sites for hydroxylation is 2. The average molecular weight is 401 g/mol. The maximum absolute atomic E-state index is 5.10. The zero-order chi connectivity index (χ0) is 19.8. The van der Waals surface area contributed by atoms with Gasteiger partial charge in [-0.3, -0.25) is 9.55 Å². The summed E-state index contributed by atoms with van der Waals surface area (Å²) in [6, 6.07) is 16.6. The van der Waals surface area contributed by atoms with E-state index in [4.69, 9.17) is 5.10 Å². The Morgan fingerprint density at radius 3 is 2.55 bits per heavy atom. The highest BCUT2D eigenvalue weighted by molar-refractivity contribution is 7.15. The lowest BCUT2D eigenvalue weighted by Crippen LogP contribution is -2.20. The molecule has 4 heterocycles. The number of hydrogen-bond donors (Lipinski definition) is 0. The Hall–Kier alpha value is -3.32. The lowest BCUT2D eigenvalue weighted by Gasteiger charge is -2.17. The van der Waals surface area contributed by atoms with Crippen LogP contribution in [0.3, 0.4) is 0 Å². The average Bonchev–Trinajstić information content (AvgIpc) is 3.32. The first kappa shape index (κ1) is 17.8. The standard InChI is InChI=1S/C22H20N6S/c1-3-18-13-19-20(17-7-5-4-6-8-17)26-27(14-16-9-11-23-12-10-16)22-25-24-15(2)28(22)21(19)29-18/h4-13H,3,14H2,1-2H3. The molecule has 6 nitrogen and oxygen atoms in total. The monoisotopic (exact) mass is 400 g/mol. The smallest absolute Gasteiger partial charge is 0.253 e. The van der Waals surface area contributed by atoms with E-state index < -0.39 is 0 Å². The summed E-state index contributed by atoms with van der Waals surface area (Å²) in [5.41, 5.74) is 4.28. The Bertz CT molecular complexity index is 1180. The molecule has 0 fully saturated rings. The van der Waals surface area contributed by atoms with Gasteiger partial charge in [0.25, 0.3) is 5.95 Å². The number of aromatic nitrogens is 4. The minimum Gasteiger partial charge on any atom is -0.265 e. The van der Waals surface area contributed by atoms with Crippen molar-refractivity contribution < 1.29 is 0 Å². The van der Waals surface area contributed by atoms with Crippen molar-refractivity contribution in [1.82, 2.24) is 19.7 Å². The van der Waals surface area contributed by atoms with Crippen molar-refractivity contribution in [1.29, 1.82) is 0 Å². The Balaban J connectivity index is 1.74. The van der Waals surface area contributed by atoms with Crippen molar-refractivity contribution in [2.75, 3.05) is 5.01 Å². The molecule has 0 spiro atoms. The van der Waals surface area contributed by atoms with Crippen LogP contribution in [0.15, 0.2) is 66.0 Å². The van der Waals surface area contributed by atoms with E-state index in [2.05, 4.69) is 44.9 Å². The van der Waals surface area contributed by atoms with Gasteiger partial charge in [-0.2, -0.15) is 5.10 Å². The molecule has 0 radical (unpaired) electrons. The van der Waals surface area contributed by atoms with Gasteiger partial charge in [0.1, 0.15) is 16.5 Å². The van der Waals surface area contributed by atoms with Gasteiger partial charge >= 0.3 is 0 Å². The largest absolute Gasteiger partial charge is 0.265 e. The van der Waals surface area contributed by atoms with Crippen LogP contribution in [0.1, 0.15) is 34.3 Å². The van der Waals surface area contributed by atoms with E-state index in [1.807, 2.05) is 42.3 Å². The summed E-state index contributed by atoms with van der Waals surface area (Å²) >= 11 is 1.78. The molecule has 1 aliphatic heterocycles. The van der Waals surface area contributed by atoms with Gasteiger partial charge in [0.2, 0.25) is 0 Å². The number of benzene rings is 1. The highest BCUT2D eigenvalue weighted by Gasteiger charge is 2.28. The first-order valence-electron chi connectivity index (χ1n) is 9.60. The van der Waals surface area contributed by atoms with Crippen LogP contribution < -0.4 is 5.01 Å². The number of rotatable bonds is 4. The number of fused-ring (bicyclic) bond motifs is 3. The maximum atomic E-state index is 5.10. The minimum atomic E-state index is 0.590. The molecule has 5 rings (SSSR count). The molecule has 1 aromatic carbocycles. The zero-order valence-corrected chi connectivity index (χ0v) is 17.1. The highest BCUT2D eigenvalue weighted by Crippen LogP contribution is 2.36. The van der Waals surface area contributed by atoms with Crippen molar-refractivity contribution in [3.63, 3.8) is 0 Å². The van der Waals surface area contributed by atoms with E-state index >= 15 is 0 Å². The van der Waals surface area contributed by atoms with E-state index in [1.165, 1.54) is 4.88 Å². The van der Waals surface area contributed by atoms with Crippen LogP contribution in [0.2, 0.25) is 0 Å². The molecule has 0 N–H and O–H groups in total. The summed E-state index contributed by atoms with van der Waals surface area (Å²) < 4.78 is 2.12. The molecule has 0 saturated carbocycles. The number of pyridine rings is 1. The predicted octanol–water partition coefficient (Wildman–Crippen LogP) is 4.37. The maximum Gasteiger partial charge on any atom is 0.253 e. The zero-order valence-electron chi connectivity index (χ0n) is 16.3. The lowest BCUT2D eigenvalue weighted by atomic mass is 10.0. The third kappa shape index (κ3) is 3.13. The van der Waals surface area contributed by atoms with Crippen LogP contribution in [0.5, 0.6) is 0 Å². The summed E-state index contributed by atoms with van der Waals surface area (Å²) in [5, 5.41) is 17.0. The SMILES string of the molecule is CCc1cc2c(s1)-n1c(C)nnc1N(Cc1ccncc1)N=C2c1ccccc1. The molecule has 3 aromatic heterocycles. The first-order valence-corrected chi connectivity index (χ1v) is 10.4. The van der Waals surface area contributed by atoms with Gasteiger partial charge in [-0.25, -0.2) is 5.01 Å². The van der Waals surface area contributed by atoms with Crippen molar-refractivity contribution in [2.24, 2.45) is 5.10 Å². The number of hydrogen-bond acceptors (Lipinski definition) is 6. The van der Waals surface area contributed by atoms with Gasteiger partial charge in [0.05, 0.1) is 6.54 Å². The summed E-state index contributed by atoms with van der Waals surface area (Å²) in [5.74, 6) is 1.59. The topological polar surface area (TPSA) is 59.2 Å². The van der Waals surface area contributed by atoms with Gasteiger partial charge in [0, 0.05) is 28.4 Å². The molecule has 0 aliphatic carbocycles. The van der Waals surface area contributed by atoms with Crippen LogP contribution in [0.25, 0.3) is 5.00 Å². The molecular weight excluding hydrogens is 380 g/mol. The summed E-state index contributed by atoms with van der Waals surface area (Å²) in [6.07, 6.45) is 4.58. The van der Waals surface area contributed by atoms with Crippen molar-refractivity contribution in [2.45, 2.75) is 26.8 Å². The van der Waals surface area contributed by atoms with Crippen LogP contribution in [-0.2, 0) is 13.0 Å². The van der Waals surface area contributed by atoms with Crippen molar-refractivity contribution in [3.8, 4) is 5.00 Å². The fourth-order valence-electron chi connectivity index (χ4n) is 3.49. The number of anilines is 1. The molecule has 0 saturated heterocycles. The van der Waals surface area contributed by atoms with Gasteiger partial charge in [0.15, 0.2) is 0 Å².